The van der Waals surface area contributed by atoms with E-state index in [-0.39, 0.29) is 46.5 Å². The van der Waals surface area contributed by atoms with Crippen molar-refractivity contribution in [1.82, 2.24) is 9.88 Å². The summed E-state index contributed by atoms with van der Waals surface area (Å²) in [6, 6.07) is 0. The Labute approximate surface area is 141 Å². The summed E-state index contributed by atoms with van der Waals surface area (Å²) in [4.78, 5) is 28.1. The van der Waals surface area contributed by atoms with Crippen molar-refractivity contribution in [2.24, 2.45) is 0 Å². The number of aromatic nitrogens is 1. The van der Waals surface area contributed by atoms with E-state index in [0.717, 1.165) is 0 Å². The number of hydrogen-bond donors (Lipinski definition) is 0. The molecule has 1 aromatic heterocycles. The number of β-lactam (4-membered cyclic amide) rings is 1. The molecule has 2 aliphatic rings. The van der Waals surface area contributed by atoms with E-state index in [9.17, 15) is 14.7 Å². The zero-order valence-corrected chi connectivity index (χ0v) is 14.0. The largest absolute Gasteiger partial charge is 1.00 e. The van der Waals surface area contributed by atoms with Crippen molar-refractivity contribution in [3.05, 3.63) is 34.0 Å². The first kappa shape index (κ1) is 15.4. The fourth-order valence-corrected chi connectivity index (χ4v) is 3.20. The van der Waals surface area contributed by atoms with E-state index in [2.05, 4.69) is 4.98 Å². The summed E-state index contributed by atoms with van der Waals surface area (Å²) in [5.41, 5.74) is 1.13. The normalized spacial score (nSPS) is 22.2. The Morgan fingerprint density at radius 2 is 2.25 bits per heavy atom. The third-order valence-electron chi connectivity index (χ3n) is 2.97. The van der Waals surface area contributed by atoms with Crippen molar-refractivity contribution in [3.63, 3.8) is 0 Å². The van der Waals surface area contributed by atoms with Crippen LogP contribution in [0.1, 0.15) is 17.3 Å². The average molecular weight is 300 g/mol. The second-order valence-electron chi connectivity index (χ2n) is 4.24. The number of aryl methyl sites for hydroxylation is 2. The van der Waals surface area contributed by atoms with E-state index in [4.69, 9.17) is 4.42 Å². The summed E-state index contributed by atoms with van der Waals surface area (Å²) in [7, 11) is 0. The van der Waals surface area contributed by atoms with Crippen LogP contribution in [-0.2, 0) is 9.59 Å². The molecule has 20 heavy (non-hydrogen) atoms. The van der Waals surface area contributed by atoms with E-state index >= 15 is 0 Å². The van der Waals surface area contributed by atoms with E-state index in [1.165, 1.54) is 22.1 Å². The Hall–Kier alpha value is -1.02. The molecule has 1 atom stereocenters. The Balaban J connectivity index is 0.00000147. The number of thioether (sulfide) groups is 1. The Bertz CT molecular complexity index is 664. The minimum absolute atomic E-state index is 0. The van der Waals surface area contributed by atoms with Crippen LogP contribution in [0.3, 0.4) is 0 Å². The van der Waals surface area contributed by atoms with Crippen LogP contribution in [-0.4, -0.2) is 27.1 Å². The molecule has 0 N–H and O–H groups in total. The first-order valence-electron chi connectivity index (χ1n) is 5.55. The number of rotatable bonds is 2. The number of hydrogen-bond acceptors (Lipinski definition) is 6. The predicted octanol–water partition coefficient (Wildman–Crippen LogP) is -2.81. The van der Waals surface area contributed by atoms with Gasteiger partial charge >= 0.3 is 29.6 Å². The summed E-state index contributed by atoms with van der Waals surface area (Å²) in [5, 5.41) is 12.0. The van der Waals surface area contributed by atoms with Gasteiger partial charge in [0.05, 0.1) is 22.9 Å². The maximum absolute atomic E-state index is 11.9. The van der Waals surface area contributed by atoms with Gasteiger partial charge in [-0.05, 0) is 18.4 Å². The van der Waals surface area contributed by atoms with Gasteiger partial charge < -0.3 is 14.3 Å². The number of carbonyl (C=O) groups is 2. The minimum Gasteiger partial charge on any atom is -0.543 e. The van der Waals surface area contributed by atoms with Crippen LogP contribution >= 0.6 is 11.8 Å². The van der Waals surface area contributed by atoms with Gasteiger partial charge in [0.15, 0.2) is 11.7 Å². The summed E-state index contributed by atoms with van der Waals surface area (Å²) >= 11 is 1.26. The molecule has 1 aromatic rings. The fourth-order valence-electron chi connectivity index (χ4n) is 2.08. The maximum Gasteiger partial charge on any atom is 1.00 e. The smallest absolute Gasteiger partial charge is 0.543 e. The third-order valence-corrected chi connectivity index (χ3v) is 4.05. The van der Waals surface area contributed by atoms with Crippen LogP contribution in [0.25, 0.3) is 6.08 Å². The molecule has 98 valence electrons. The van der Waals surface area contributed by atoms with Gasteiger partial charge in [0.2, 0.25) is 0 Å². The molecular formula is C12H9N2NaO4S. The Kier molecular flexibility index (Phi) is 4.15. The van der Waals surface area contributed by atoms with Crippen LogP contribution in [0.5, 0.6) is 0 Å². The summed E-state index contributed by atoms with van der Waals surface area (Å²) in [5.74, 6) is -0.614. The van der Waals surface area contributed by atoms with Crippen molar-refractivity contribution in [1.29, 1.82) is 0 Å². The first-order valence-corrected chi connectivity index (χ1v) is 6.49. The van der Waals surface area contributed by atoms with Crippen LogP contribution in [0.4, 0.5) is 0 Å². The van der Waals surface area contributed by atoms with Gasteiger partial charge in [-0.15, -0.1) is 11.8 Å². The fraction of sp³-hybridized carbons (Fsp3) is 0.250. The summed E-state index contributed by atoms with van der Waals surface area (Å²) in [6.07, 6.45) is 1.62. The Morgan fingerprint density at radius 3 is 2.80 bits per heavy atom. The van der Waals surface area contributed by atoms with Crippen molar-refractivity contribution in [3.8, 4) is 0 Å². The molecule has 1 fully saturated rings. The number of oxazole rings is 1. The summed E-state index contributed by atoms with van der Waals surface area (Å²) < 4.78 is 5.38. The van der Waals surface area contributed by atoms with Gasteiger partial charge in [-0.1, -0.05) is 0 Å². The third kappa shape index (κ3) is 2.24. The average Bonchev–Trinajstić information content (AvgIpc) is 2.87. The quantitative estimate of drug-likeness (QED) is 0.333. The molecule has 0 radical (unpaired) electrons. The molecule has 6 nitrogen and oxygen atoms in total. The van der Waals surface area contributed by atoms with Gasteiger partial charge in [-0.2, -0.15) is 0 Å². The Morgan fingerprint density at radius 1 is 1.55 bits per heavy atom. The van der Waals surface area contributed by atoms with Crippen LogP contribution in [0.2, 0.25) is 0 Å². The molecule has 0 unspecified atom stereocenters. The van der Waals surface area contributed by atoms with E-state index in [1.54, 1.807) is 19.9 Å². The van der Waals surface area contributed by atoms with Crippen molar-refractivity contribution < 1.29 is 48.7 Å². The molecule has 0 saturated carbocycles. The number of carbonyl (C=O) groups excluding carboxylic acids is 2. The zero-order chi connectivity index (χ0) is 13.7. The molecule has 3 heterocycles. The van der Waals surface area contributed by atoms with E-state index < -0.39 is 5.97 Å². The molecular weight excluding hydrogens is 291 g/mol. The van der Waals surface area contributed by atoms with Gasteiger partial charge in [0.25, 0.3) is 5.91 Å². The van der Waals surface area contributed by atoms with Crippen molar-refractivity contribution in [2.45, 2.75) is 19.2 Å². The molecule has 8 heteroatoms. The number of amides is 1. The van der Waals surface area contributed by atoms with E-state index in [1.807, 2.05) is 0 Å². The topological polar surface area (TPSA) is 86.5 Å². The monoisotopic (exact) mass is 300 g/mol. The van der Waals surface area contributed by atoms with Crippen LogP contribution in [0.15, 0.2) is 21.1 Å². The van der Waals surface area contributed by atoms with Crippen molar-refractivity contribution in [2.75, 3.05) is 0 Å². The van der Waals surface area contributed by atoms with Gasteiger partial charge in [-0.25, -0.2) is 4.98 Å². The molecule has 0 bridgehead atoms. The molecule has 0 aliphatic carbocycles. The number of nitrogens with zero attached hydrogens (tertiary/aromatic N) is 2. The first-order chi connectivity index (χ1) is 8.99. The number of carboxylic acids is 1. The molecule has 3 rings (SSSR count). The SMILES string of the molecule is Cc1nc(C)c(/C=C2\C(=O)N3C(C(=O)[O-])=CS[C@H]23)o1.[Na+]. The van der Waals surface area contributed by atoms with E-state index in [0.29, 0.717) is 22.9 Å². The summed E-state index contributed by atoms with van der Waals surface area (Å²) in [6.45, 7) is 3.51. The van der Waals surface area contributed by atoms with Gasteiger partial charge in [0.1, 0.15) is 5.37 Å². The molecule has 1 saturated heterocycles. The number of aliphatic carboxylic acids is 1. The van der Waals surface area contributed by atoms with Crippen LogP contribution in [0, 0.1) is 13.8 Å². The predicted molar refractivity (Wildman–Crippen MR) is 65.3 cm³/mol. The second kappa shape index (κ2) is 5.40. The molecule has 2 aliphatic heterocycles. The molecule has 0 spiro atoms. The van der Waals surface area contributed by atoms with Crippen molar-refractivity contribution >= 4 is 29.7 Å². The molecule has 1 amide bonds. The van der Waals surface area contributed by atoms with Gasteiger partial charge in [-0.3, -0.25) is 9.69 Å². The number of carboxylic acid groups (broad SMARTS) is 1. The zero-order valence-electron chi connectivity index (χ0n) is 11.2. The maximum atomic E-state index is 11.9. The second-order valence-corrected chi connectivity index (χ2v) is 5.19. The minimum atomic E-state index is -1.34. The molecule has 0 aromatic carbocycles. The standard InChI is InChI=1S/C12H10N2O4S.Na/c1-5-9(18-6(2)13-5)3-7-10(15)14-8(12(16)17)4-19-11(7)14;/h3-4,11H,1-2H3,(H,16,17);/q;+1/p-1/b7-3+;/t11-;/m1./s1. The van der Waals surface area contributed by atoms with Crippen LogP contribution < -0.4 is 34.7 Å². The van der Waals surface area contributed by atoms with Gasteiger partial charge in [0, 0.05) is 6.92 Å². The number of fused-ring (bicyclic) bond motifs is 1.